The third-order valence-corrected chi connectivity index (χ3v) is 6.25. The summed E-state index contributed by atoms with van der Waals surface area (Å²) < 4.78 is 12.7. The Bertz CT molecular complexity index is 1210. The monoisotopic (exact) mass is 441 g/mol. The van der Waals surface area contributed by atoms with E-state index in [2.05, 4.69) is 10.3 Å². The summed E-state index contributed by atoms with van der Waals surface area (Å²) in [7, 11) is 1.60. The number of benzene rings is 1. The molecule has 4 aromatic rings. The molecule has 3 aromatic heterocycles. The number of carbonyl (C=O) groups is 1. The van der Waals surface area contributed by atoms with E-state index in [1.54, 1.807) is 30.1 Å². The zero-order chi connectivity index (χ0) is 20.9. The van der Waals surface area contributed by atoms with Crippen LogP contribution in [0.1, 0.15) is 11.3 Å². The second-order valence-corrected chi connectivity index (χ2v) is 8.28. The Morgan fingerprint density at radius 1 is 1.30 bits per heavy atom. The quantitative estimate of drug-likeness (QED) is 0.333. The fraction of sp³-hybridized carbons (Fsp3) is 0.190. The van der Waals surface area contributed by atoms with Gasteiger partial charge in [0.2, 0.25) is 5.91 Å². The number of ether oxygens (including phenoxy) is 1. The van der Waals surface area contributed by atoms with Gasteiger partial charge < -0.3 is 14.5 Å². The topological polar surface area (TPSA) is 86.4 Å². The Morgan fingerprint density at radius 2 is 2.20 bits per heavy atom. The number of methoxy groups -OCH3 is 1. The average molecular weight is 442 g/mol. The van der Waals surface area contributed by atoms with Gasteiger partial charge in [-0.25, -0.2) is 4.98 Å². The van der Waals surface area contributed by atoms with Crippen molar-refractivity contribution in [2.24, 2.45) is 0 Å². The molecule has 0 aliphatic rings. The van der Waals surface area contributed by atoms with Crippen LogP contribution >= 0.6 is 23.1 Å². The van der Waals surface area contributed by atoms with Crippen LogP contribution in [0.3, 0.4) is 0 Å². The van der Waals surface area contributed by atoms with E-state index in [1.807, 2.05) is 35.7 Å². The Hall–Kier alpha value is -3.04. The average Bonchev–Trinajstić information content (AvgIpc) is 3.45. The second kappa shape index (κ2) is 9.19. The molecule has 1 N–H and O–H groups in total. The largest absolute Gasteiger partial charge is 0.497 e. The molecule has 3 heterocycles. The molecular formula is C21H19N3O4S2. The first-order chi connectivity index (χ1) is 14.6. The lowest BCUT2D eigenvalue weighted by molar-refractivity contribution is -0.118. The molecule has 0 spiro atoms. The van der Waals surface area contributed by atoms with Gasteiger partial charge in [0.25, 0.3) is 5.56 Å². The van der Waals surface area contributed by atoms with Gasteiger partial charge in [-0.15, -0.1) is 11.3 Å². The SMILES string of the molecule is COc1cccc(Cn2c(SCC(=O)NCc3ccco3)nc3ccsc3c2=O)c1. The summed E-state index contributed by atoms with van der Waals surface area (Å²) >= 11 is 2.60. The van der Waals surface area contributed by atoms with E-state index >= 15 is 0 Å². The number of thioether (sulfide) groups is 1. The number of rotatable bonds is 8. The Labute approximate surface area is 180 Å². The van der Waals surface area contributed by atoms with E-state index in [0.29, 0.717) is 34.2 Å². The number of furan rings is 1. The number of thiophene rings is 1. The molecule has 0 saturated carbocycles. The number of aromatic nitrogens is 2. The zero-order valence-electron chi connectivity index (χ0n) is 16.2. The number of carbonyl (C=O) groups excluding carboxylic acids is 1. The molecule has 7 nitrogen and oxygen atoms in total. The third-order valence-electron chi connectivity index (χ3n) is 4.38. The van der Waals surface area contributed by atoms with Gasteiger partial charge in [-0.2, -0.15) is 0 Å². The maximum Gasteiger partial charge on any atom is 0.272 e. The molecule has 0 aliphatic carbocycles. The lowest BCUT2D eigenvalue weighted by Crippen LogP contribution is -2.26. The molecule has 0 aliphatic heterocycles. The van der Waals surface area contributed by atoms with Crippen molar-refractivity contribution in [2.75, 3.05) is 12.9 Å². The lowest BCUT2D eigenvalue weighted by Gasteiger charge is -2.13. The van der Waals surface area contributed by atoms with Gasteiger partial charge >= 0.3 is 0 Å². The van der Waals surface area contributed by atoms with E-state index in [1.165, 1.54) is 23.1 Å². The Morgan fingerprint density at radius 3 is 3.00 bits per heavy atom. The van der Waals surface area contributed by atoms with Crippen LogP contribution in [0.25, 0.3) is 10.2 Å². The summed E-state index contributed by atoms with van der Waals surface area (Å²) in [6.07, 6.45) is 1.56. The van der Waals surface area contributed by atoms with Gasteiger partial charge in [-0.05, 0) is 41.3 Å². The molecule has 0 bridgehead atoms. The van der Waals surface area contributed by atoms with Gasteiger partial charge in [-0.3, -0.25) is 14.2 Å². The normalized spacial score (nSPS) is 11.0. The lowest BCUT2D eigenvalue weighted by atomic mass is 10.2. The van der Waals surface area contributed by atoms with Crippen LogP contribution in [-0.4, -0.2) is 28.3 Å². The highest BCUT2D eigenvalue weighted by Gasteiger charge is 2.15. The summed E-state index contributed by atoms with van der Waals surface area (Å²) in [5.74, 6) is 1.38. The first-order valence-corrected chi connectivity index (χ1v) is 11.0. The molecule has 4 rings (SSSR count). The molecule has 1 aromatic carbocycles. The molecule has 0 radical (unpaired) electrons. The van der Waals surface area contributed by atoms with E-state index in [-0.39, 0.29) is 17.2 Å². The summed E-state index contributed by atoms with van der Waals surface area (Å²) in [4.78, 5) is 30.0. The van der Waals surface area contributed by atoms with E-state index in [0.717, 1.165) is 11.3 Å². The van der Waals surface area contributed by atoms with Crippen LogP contribution in [0, 0.1) is 0 Å². The van der Waals surface area contributed by atoms with Crippen molar-refractivity contribution in [3.05, 3.63) is 75.8 Å². The molecule has 0 fully saturated rings. The highest BCUT2D eigenvalue weighted by atomic mass is 32.2. The summed E-state index contributed by atoms with van der Waals surface area (Å²) in [6.45, 7) is 0.660. The van der Waals surface area contributed by atoms with Crippen molar-refractivity contribution < 1.29 is 13.9 Å². The third kappa shape index (κ3) is 4.58. The minimum Gasteiger partial charge on any atom is -0.497 e. The van der Waals surface area contributed by atoms with Crippen LogP contribution in [-0.2, 0) is 17.9 Å². The van der Waals surface area contributed by atoms with Gasteiger partial charge in [-0.1, -0.05) is 23.9 Å². The highest BCUT2D eigenvalue weighted by molar-refractivity contribution is 7.99. The summed E-state index contributed by atoms with van der Waals surface area (Å²) in [5.41, 5.74) is 1.44. The number of fused-ring (bicyclic) bond motifs is 1. The number of nitrogens with one attached hydrogen (secondary N) is 1. The molecular weight excluding hydrogens is 422 g/mol. The first kappa shape index (κ1) is 20.2. The molecule has 0 atom stereocenters. The maximum absolute atomic E-state index is 13.1. The summed E-state index contributed by atoms with van der Waals surface area (Å²) in [5, 5.41) is 5.15. The minimum absolute atomic E-state index is 0.115. The zero-order valence-corrected chi connectivity index (χ0v) is 17.8. The van der Waals surface area contributed by atoms with Crippen LogP contribution in [0.15, 0.2) is 68.5 Å². The summed E-state index contributed by atoms with van der Waals surface area (Å²) in [6, 6.07) is 12.9. The van der Waals surface area contributed by atoms with Gasteiger partial charge in [0, 0.05) is 0 Å². The van der Waals surface area contributed by atoms with Gasteiger partial charge in [0.1, 0.15) is 16.2 Å². The van der Waals surface area contributed by atoms with Crippen molar-refractivity contribution in [3.63, 3.8) is 0 Å². The van der Waals surface area contributed by atoms with Crippen molar-refractivity contribution in [2.45, 2.75) is 18.2 Å². The van der Waals surface area contributed by atoms with Crippen molar-refractivity contribution in [1.82, 2.24) is 14.9 Å². The molecule has 0 unspecified atom stereocenters. The molecule has 1 amide bonds. The van der Waals surface area contributed by atoms with Crippen molar-refractivity contribution >= 4 is 39.2 Å². The predicted octanol–water partition coefficient (Wildman–Crippen LogP) is 3.52. The predicted molar refractivity (Wildman–Crippen MR) is 117 cm³/mol. The number of hydrogen-bond donors (Lipinski definition) is 1. The maximum atomic E-state index is 13.1. The molecule has 9 heteroatoms. The van der Waals surface area contributed by atoms with Crippen molar-refractivity contribution in [1.29, 1.82) is 0 Å². The fourth-order valence-electron chi connectivity index (χ4n) is 2.91. The number of hydrogen-bond acceptors (Lipinski definition) is 7. The highest BCUT2D eigenvalue weighted by Crippen LogP contribution is 2.22. The van der Waals surface area contributed by atoms with Crippen molar-refractivity contribution in [3.8, 4) is 5.75 Å². The first-order valence-electron chi connectivity index (χ1n) is 9.17. The smallest absolute Gasteiger partial charge is 0.272 e. The number of amides is 1. The Balaban J connectivity index is 1.55. The second-order valence-electron chi connectivity index (χ2n) is 6.42. The van der Waals surface area contributed by atoms with Gasteiger partial charge in [0.15, 0.2) is 5.16 Å². The molecule has 154 valence electrons. The van der Waals surface area contributed by atoms with E-state index in [4.69, 9.17) is 9.15 Å². The fourth-order valence-corrected chi connectivity index (χ4v) is 4.51. The minimum atomic E-state index is -0.163. The molecule has 30 heavy (non-hydrogen) atoms. The van der Waals surface area contributed by atoms with Gasteiger partial charge in [0.05, 0.1) is 37.7 Å². The van der Waals surface area contributed by atoms with E-state index < -0.39 is 0 Å². The number of nitrogens with zero attached hydrogens (tertiary/aromatic N) is 2. The standard InChI is InChI=1S/C21H19N3O4S2/c1-27-15-5-2-4-14(10-15)12-24-20(26)19-17(7-9-29-19)23-21(24)30-13-18(25)22-11-16-6-3-8-28-16/h2-10H,11-13H2,1H3,(H,22,25). The van der Waals surface area contributed by atoms with Crippen LogP contribution in [0.2, 0.25) is 0 Å². The van der Waals surface area contributed by atoms with Crippen LogP contribution < -0.4 is 15.6 Å². The van der Waals surface area contributed by atoms with E-state index in [9.17, 15) is 9.59 Å². The Kier molecular flexibility index (Phi) is 6.20. The van der Waals surface area contributed by atoms with Crippen LogP contribution in [0.4, 0.5) is 0 Å². The van der Waals surface area contributed by atoms with Crippen LogP contribution in [0.5, 0.6) is 5.75 Å². The molecule has 0 saturated heterocycles.